The highest BCUT2D eigenvalue weighted by molar-refractivity contribution is 5.95. The summed E-state index contributed by atoms with van der Waals surface area (Å²) in [7, 11) is 0. The summed E-state index contributed by atoms with van der Waals surface area (Å²) in [6.07, 6.45) is 1.13. The molecule has 2 rings (SSSR count). The van der Waals surface area contributed by atoms with Gasteiger partial charge in [0.25, 0.3) is 5.91 Å². The monoisotopic (exact) mass is 264 g/mol. The van der Waals surface area contributed by atoms with Crippen LogP contribution in [-0.4, -0.2) is 31.3 Å². The summed E-state index contributed by atoms with van der Waals surface area (Å²) in [4.78, 5) is 12.1. The van der Waals surface area contributed by atoms with Crippen LogP contribution in [0, 0.1) is 0 Å². The maximum absolute atomic E-state index is 12.1. The molecule has 1 fully saturated rings. The van der Waals surface area contributed by atoms with Gasteiger partial charge in [-0.1, -0.05) is 12.1 Å². The van der Waals surface area contributed by atoms with Crippen molar-refractivity contribution < 1.29 is 14.3 Å². The number of anilines is 1. The number of ether oxygens (including phenoxy) is 2. The summed E-state index contributed by atoms with van der Waals surface area (Å²) in [5.41, 5.74) is 6.21. The van der Waals surface area contributed by atoms with Crippen molar-refractivity contribution in [1.82, 2.24) is 0 Å². The van der Waals surface area contributed by atoms with E-state index in [9.17, 15) is 4.79 Å². The molecule has 1 saturated heterocycles. The van der Waals surface area contributed by atoms with Crippen molar-refractivity contribution in [2.24, 2.45) is 5.73 Å². The third-order valence-corrected chi connectivity index (χ3v) is 3.11. The van der Waals surface area contributed by atoms with Crippen molar-refractivity contribution in [3.05, 3.63) is 24.3 Å². The second-order valence-corrected chi connectivity index (χ2v) is 4.48. The van der Waals surface area contributed by atoms with Crippen molar-refractivity contribution in [2.75, 3.05) is 18.5 Å². The number of amides is 1. The van der Waals surface area contributed by atoms with Crippen molar-refractivity contribution in [1.29, 1.82) is 0 Å². The molecule has 0 saturated carbocycles. The topological polar surface area (TPSA) is 73.6 Å². The Morgan fingerprint density at radius 2 is 2.26 bits per heavy atom. The van der Waals surface area contributed by atoms with Gasteiger partial charge in [-0.2, -0.15) is 0 Å². The van der Waals surface area contributed by atoms with E-state index in [0.717, 1.165) is 6.42 Å². The lowest BCUT2D eigenvalue weighted by Gasteiger charge is -2.15. The summed E-state index contributed by atoms with van der Waals surface area (Å²) in [5.74, 6) is 0.537. The highest BCUT2D eigenvalue weighted by Crippen LogP contribution is 2.26. The number of benzene rings is 1. The number of nitrogens with one attached hydrogen (secondary N) is 1. The zero-order valence-electron chi connectivity index (χ0n) is 11.1. The minimum Gasteiger partial charge on any atom is -0.492 e. The Labute approximate surface area is 113 Å². The lowest BCUT2D eigenvalue weighted by Crippen LogP contribution is -2.29. The van der Waals surface area contributed by atoms with E-state index in [2.05, 4.69) is 5.32 Å². The van der Waals surface area contributed by atoms with Crippen molar-refractivity contribution >= 4 is 11.6 Å². The van der Waals surface area contributed by atoms with Crippen LogP contribution >= 0.6 is 0 Å². The molecule has 5 nitrogen and oxygen atoms in total. The van der Waals surface area contributed by atoms with Gasteiger partial charge in [0.05, 0.1) is 18.4 Å². The second-order valence-electron chi connectivity index (χ2n) is 4.48. The van der Waals surface area contributed by atoms with Crippen LogP contribution in [0.1, 0.15) is 19.8 Å². The van der Waals surface area contributed by atoms with Crippen LogP contribution < -0.4 is 15.8 Å². The molecule has 0 radical (unpaired) electrons. The van der Waals surface area contributed by atoms with E-state index in [4.69, 9.17) is 15.2 Å². The van der Waals surface area contributed by atoms with Gasteiger partial charge in [0, 0.05) is 6.54 Å². The number of carbonyl (C=O) groups excluding carboxylic acids is 1. The van der Waals surface area contributed by atoms with Crippen LogP contribution in [0.4, 0.5) is 5.69 Å². The SMILES string of the molecule is CCOc1ccccc1NC(=O)[C@@H]1CC[C@H](CN)O1. The first-order valence-electron chi connectivity index (χ1n) is 6.62. The van der Waals surface area contributed by atoms with Crippen molar-refractivity contribution in [3.63, 3.8) is 0 Å². The molecule has 3 N–H and O–H groups in total. The van der Waals surface area contributed by atoms with E-state index >= 15 is 0 Å². The van der Waals surface area contributed by atoms with Gasteiger partial charge in [0.2, 0.25) is 0 Å². The molecule has 0 bridgehead atoms. The first-order chi connectivity index (χ1) is 9.24. The fraction of sp³-hybridized carbons (Fsp3) is 0.500. The molecule has 1 heterocycles. The van der Waals surface area contributed by atoms with Crippen LogP contribution in [0.25, 0.3) is 0 Å². The highest BCUT2D eigenvalue weighted by Gasteiger charge is 2.30. The van der Waals surface area contributed by atoms with Gasteiger partial charge in [0.1, 0.15) is 11.9 Å². The van der Waals surface area contributed by atoms with E-state index in [-0.39, 0.29) is 12.0 Å². The normalized spacial score (nSPS) is 22.2. The molecular weight excluding hydrogens is 244 g/mol. The van der Waals surface area contributed by atoms with Crippen molar-refractivity contribution in [2.45, 2.75) is 32.0 Å². The Morgan fingerprint density at radius 3 is 2.95 bits per heavy atom. The summed E-state index contributed by atoms with van der Waals surface area (Å²) in [6, 6.07) is 7.38. The quantitative estimate of drug-likeness (QED) is 0.846. The van der Waals surface area contributed by atoms with Crippen LogP contribution in [0.3, 0.4) is 0 Å². The van der Waals surface area contributed by atoms with Gasteiger partial charge in [-0.25, -0.2) is 0 Å². The summed E-state index contributed by atoms with van der Waals surface area (Å²) in [5, 5.41) is 2.85. The molecule has 5 heteroatoms. The van der Waals surface area contributed by atoms with Gasteiger partial charge in [-0.05, 0) is 31.9 Å². The number of rotatable bonds is 5. The van der Waals surface area contributed by atoms with E-state index < -0.39 is 6.10 Å². The molecule has 104 valence electrons. The lowest BCUT2D eigenvalue weighted by atomic mass is 10.2. The Morgan fingerprint density at radius 1 is 1.47 bits per heavy atom. The molecule has 2 atom stereocenters. The van der Waals surface area contributed by atoms with Gasteiger partial charge >= 0.3 is 0 Å². The summed E-state index contributed by atoms with van der Waals surface area (Å²) < 4.78 is 11.0. The molecule has 1 aliphatic heterocycles. The third kappa shape index (κ3) is 3.45. The molecule has 0 spiro atoms. The smallest absolute Gasteiger partial charge is 0.253 e. The molecule has 1 aliphatic rings. The minimum absolute atomic E-state index is 0.00196. The predicted molar refractivity (Wildman–Crippen MR) is 73.2 cm³/mol. The maximum atomic E-state index is 12.1. The number of carbonyl (C=O) groups is 1. The Balaban J connectivity index is 1.99. The summed E-state index contributed by atoms with van der Waals surface area (Å²) >= 11 is 0. The Bertz CT molecular complexity index is 436. The molecule has 0 aromatic heterocycles. The number of hydrogen-bond acceptors (Lipinski definition) is 4. The van der Waals surface area contributed by atoms with E-state index in [1.807, 2.05) is 31.2 Å². The second kappa shape index (κ2) is 6.54. The molecule has 1 amide bonds. The fourth-order valence-corrected chi connectivity index (χ4v) is 2.14. The van der Waals surface area contributed by atoms with Gasteiger partial charge in [0.15, 0.2) is 0 Å². The maximum Gasteiger partial charge on any atom is 0.253 e. The number of hydrogen-bond donors (Lipinski definition) is 2. The molecule has 0 unspecified atom stereocenters. The molecule has 1 aromatic rings. The largest absolute Gasteiger partial charge is 0.492 e. The zero-order valence-corrected chi connectivity index (χ0v) is 11.1. The van der Waals surface area contributed by atoms with Crippen LogP contribution in [0.15, 0.2) is 24.3 Å². The molecule has 19 heavy (non-hydrogen) atoms. The van der Waals surface area contributed by atoms with E-state index in [0.29, 0.717) is 31.0 Å². The predicted octanol–water partition coefficient (Wildman–Crippen LogP) is 1.53. The van der Waals surface area contributed by atoms with E-state index in [1.165, 1.54) is 0 Å². The lowest BCUT2D eigenvalue weighted by molar-refractivity contribution is -0.126. The summed E-state index contributed by atoms with van der Waals surface area (Å²) in [6.45, 7) is 2.92. The van der Waals surface area contributed by atoms with Crippen LogP contribution in [0.5, 0.6) is 5.75 Å². The third-order valence-electron chi connectivity index (χ3n) is 3.11. The minimum atomic E-state index is -0.414. The molecular formula is C14H20N2O3. The van der Waals surface area contributed by atoms with Gasteiger partial charge < -0.3 is 20.5 Å². The Hall–Kier alpha value is -1.59. The standard InChI is InChI=1S/C14H20N2O3/c1-2-18-12-6-4-3-5-11(12)16-14(17)13-8-7-10(9-15)19-13/h3-6,10,13H,2,7-9,15H2,1H3,(H,16,17)/t10-,13+/m1/s1. The van der Waals surface area contributed by atoms with Gasteiger partial charge in [-0.15, -0.1) is 0 Å². The van der Waals surface area contributed by atoms with Crippen molar-refractivity contribution in [3.8, 4) is 5.75 Å². The van der Waals surface area contributed by atoms with E-state index in [1.54, 1.807) is 0 Å². The Kier molecular flexibility index (Phi) is 4.76. The van der Waals surface area contributed by atoms with Crippen LogP contribution in [0.2, 0.25) is 0 Å². The number of para-hydroxylation sites is 2. The first-order valence-corrected chi connectivity index (χ1v) is 6.62. The molecule has 0 aliphatic carbocycles. The molecule has 1 aromatic carbocycles. The first kappa shape index (κ1) is 13.8. The fourth-order valence-electron chi connectivity index (χ4n) is 2.14. The zero-order chi connectivity index (χ0) is 13.7. The average Bonchev–Trinajstić information content (AvgIpc) is 2.90. The number of nitrogens with two attached hydrogens (primary N) is 1. The van der Waals surface area contributed by atoms with Crippen LogP contribution in [-0.2, 0) is 9.53 Å². The van der Waals surface area contributed by atoms with Gasteiger partial charge in [-0.3, -0.25) is 4.79 Å². The highest BCUT2D eigenvalue weighted by atomic mass is 16.5. The average molecular weight is 264 g/mol.